The number of nitrogens with one attached hydrogen (secondary N) is 1. The molecular formula is C29H24ClN5O2S. The van der Waals surface area contributed by atoms with E-state index in [0.29, 0.717) is 28.1 Å². The van der Waals surface area contributed by atoms with E-state index in [2.05, 4.69) is 15.2 Å². The molecular weight excluding hydrogens is 518 g/mol. The molecule has 0 unspecified atom stereocenters. The number of halogens is 1. The standard InChI is InChI=1S/C29H24ClN5O2S/c1-17(27(37)20-7-12-26-19(15-20)13-14-34(26)18(2)36)38-29-33-32-28(35(29)22-10-8-21(30)9-11-22)24-16-31-25-6-4-3-5-23(24)25/h3-12,15-17,31H,13-14H2,1-2H3/t17-/m1/s1. The molecule has 3 aromatic carbocycles. The molecule has 3 heterocycles. The van der Waals surface area contributed by atoms with E-state index in [1.807, 2.05) is 78.4 Å². The number of nitrogens with zero attached hydrogens (tertiary/aromatic N) is 4. The van der Waals surface area contributed by atoms with Gasteiger partial charge in [0, 0.05) is 58.1 Å². The van der Waals surface area contributed by atoms with Gasteiger partial charge in [-0.15, -0.1) is 10.2 Å². The Kier molecular flexibility index (Phi) is 6.29. The first-order chi connectivity index (χ1) is 18.4. The summed E-state index contributed by atoms with van der Waals surface area (Å²) in [5.74, 6) is 0.687. The van der Waals surface area contributed by atoms with Crippen molar-refractivity contribution in [3.8, 4) is 17.1 Å². The molecule has 1 aliphatic heterocycles. The van der Waals surface area contributed by atoms with E-state index in [-0.39, 0.29) is 11.7 Å². The summed E-state index contributed by atoms with van der Waals surface area (Å²) in [5.41, 5.74) is 5.31. The van der Waals surface area contributed by atoms with Crippen molar-refractivity contribution in [2.45, 2.75) is 30.7 Å². The van der Waals surface area contributed by atoms with Crippen LogP contribution in [0.1, 0.15) is 29.8 Å². The molecule has 1 amide bonds. The zero-order valence-corrected chi connectivity index (χ0v) is 22.4. The smallest absolute Gasteiger partial charge is 0.223 e. The topological polar surface area (TPSA) is 83.9 Å². The molecule has 9 heteroatoms. The molecule has 1 atom stereocenters. The number of rotatable bonds is 6. The Morgan fingerprint density at radius 1 is 1.05 bits per heavy atom. The monoisotopic (exact) mass is 541 g/mol. The SMILES string of the molecule is CC(=O)N1CCc2cc(C(=O)[C@@H](C)Sc3nnc(-c4c[nH]c5ccccc45)n3-c3ccc(Cl)cc3)ccc21. The molecule has 190 valence electrons. The predicted octanol–water partition coefficient (Wildman–Crippen LogP) is 6.34. The molecule has 0 saturated heterocycles. The van der Waals surface area contributed by atoms with E-state index in [4.69, 9.17) is 11.6 Å². The van der Waals surface area contributed by atoms with Crippen molar-refractivity contribution < 1.29 is 9.59 Å². The average Bonchev–Trinajstić information content (AvgIpc) is 3.65. The summed E-state index contributed by atoms with van der Waals surface area (Å²) < 4.78 is 1.97. The Labute approximate surface area is 228 Å². The number of para-hydroxylation sites is 1. The number of H-pyrrole nitrogens is 1. The number of amides is 1. The predicted molar refractivity (Wildman–Crippen MR) is 151 cm³/mol. The van der Waals surface area contributed by atoms with Crippen molar-refractivity contribution in [1.82, 2.24) is 19.7 Å². The number of hydrogen-bond acceptors (Lipinski definition) is 5. The van der Waals surface area contributed by atoms with Crippen LogP contribution in [0.3, 0.4) is 0 Å². The van der Waals surface area contributed by atoms with Gasteiger partial charge in [0.2, 0.25) is 5.91 Å². The van der Waals surface area contributed by atoms with Crippen LogP contribution in [0, 0.1) is 0 Å². The summed E-state index contributed by atoms with van der Waals surface area (Å²) in [4.78, 5) is 30.4. The summed E-state index contributed by atoms with van der Waals surface area (Å²) in [6.07, 6.45) is 2.68. The third-order valence-electron chi connectivity index (χ3n) is 6.84. The first kappa shape index (κ1) is 24.5. The Balaban J connectivity index is 1.35. The maximum Gasteiger partial charge on any atom is 0.223 e. The quantitative estimate of drug-likeness (QED) is 0.200. The van der Waals surface area contributed by atoms with Crippen LogP contribution >= 0.6 is 23.4 Å². The molecule has 1 aliphatic rings. The fourth-order valence-corrected chi connectivity index (χ4v) is 6.00. The molecule has 0 saturated carbocycles. The normalized spacial score (nSPS) is 13.6. The zero-order chi connectivity index (χ0) is 26.4. The van der Waals surface area contributed by atoms with Gasteiger partial charge >= 0.3 is 0 Å². The van der Waals surface area contributed by atoms with Crippen LogP contribution < -0.4 is 4.90 Å². The van der Waals surface area contributed by atoms with Gasteiger partial charge in [-0.25, -0.2) is 0 Å². The summed E-state index contributed by atoms with van der Waals surface area (Å²) in [7, 11) is 0. The number of thioether (sulfide) groups is 1. The largest absolute Gasteiger partial charge is 0.360 e. The first-order valence-corrected chi connectivity index (χ1v) is 13.6. The van der Waals surface area contributed by atoms with Gasteiger partial charge in [0.05, 0.1) is 5.25 Å². The molecule has 5 aromatic rings. The van der Waals surface area contributed by atoms with Gasteiger partial charge in [-0.1, -0.05) is 41.6 Å². The summed E-state index contributed by atoms with van der Waals surface area (Å²) in [5, 5.41) is 10.9. The number of benzene rings is 3. The molecule has 0 fully saturated rings. The lowest BCUT2D eigenvalue weighted by molar-refractivity contribution is -0.116. The van der Waals surface area contributed by atoms with Crippen LogP contribution in [0.15, 0.2) is 78.1 Å². The van der Waals surface area contributed by atoms with Gasteiger partial charge in [0.15, 0.2) is 16.8 Å². The van der Waals surface area contributed by atoms with Gasteiger partial charge in [-0.2, -0.15) is 0 Å². The molecule has 0 spiro atoms. The van der Waals surface area contributed by atoms with Gasteiger partial charge in [-0.3, -0.25) is 14.2 Å². The van der Waals surface area contributed by atoms with Crippen molar-refractivity contribution in [3.63, 3.8) is 0 Å². The van der Waals surface area contributed by atoms with Gasteiger partial charge < -0.3 is 9.88 Å². The number of ketones is 1. The van der Waals surface area contributed by atoms with Crippen LogP contribution in [0.25, 0.3) is 28.0 Å². The Bertz CT molecular complexity index is 1690. The van der Waals surface area contributed by atoms with Crippen molar-refractivity contribution in [3.05, 3.63) is 89.1 Å². The lowest BCUT2D eigenvalue weighted by Gasteiger charge is -2.16. The van der Waals surface area contributed by atoms with Crippen molar-refractivity contribution in [1.29, 1.82) is 0 Å². The third-order valence-corrected chi connectivity index (χ3v) is 8.13. The number of hydrogen-bond donors (Lipinski definition) is 1. The molecule has 0 bridgehead atoms. The first-order valence-electron chi connectivity index (χ1n) is 12.3. The molecule has 0 aliphatic carbocycles. The Hall–Kier alpha value is -3.88. The fraction of sp³-hybridized carbons (Fsp3) is 0.172. The fourth-order valence-electron chi connectivity index (χ4n) is 4.93. The van der Waals surface area contributed by atoms with Crippen LogP contribution in [-0.4, -0.2) is 43.2 Å². The number of Topliss-reactive ketones (excluding diaryl/α,β-unsaturated/α-hetero) is 1. The average molecular weight is 542 g/mol. The second-order valence-electron chi connectivity index (χ2n) is 9.25. The van der Waals surface area contributed by atoms with E-state index < -0.39 is 5.25 Å². The highest BCUT2D eigenvalue weighted by atomic mass is 35.5. The van der Waals surface area contributed by atoms with E-state index in [0.717, 1.165) is 39.8 Å². The van der Waals surface area contributed by atoms with Crippen molar-refractivity contribution in [2.24, 2.45) is 0 Å². The second kappa shape index (κ2) is 9.78. The number of fused-ring (bicyclic) bond motifs is 2. The van der Waals surface area contributed by atoms with E-state index in [1.54, 1.807) is 17.9 Å². The maximum atomic E-state index is 13.5. The zero-order valence-electron chi connectivity index (χ0n) is 20.8. The minimum Gasteiger partial charge on any atom is -0.360 e. The third kappa shape index (κ3) is 4.29. The molecule has 0 radical (unpaired) electrons. The number of aromatic amines is 1. The Morgan fingerprint density at radius 3 is 2.63 bits per heavy atom. The molecule has 7 nitrogen and oxygen atoms in total. The van der Waals surface area contributed by atoms with Gasteiger partial charge in [-0.05, 0) is 67.4 Å². The van der Waals surface area contributed by atoms with E-state index >= 15 is 0 Å². The molecule has 6 rings (SSSR count). The number of anilines is 1. The number of aromatic nitrogens is 4. The summed E-state index contributed by atoms with van der Waals surface area (Å²) in [6, 6.07) is 21.1. The molecule has 38 heavy (non-hydrogen) atoms. The minimum absolute atomic E-state index is 0.00150. The van der Waals surface area contributed by atoms with Crippen LogP contribution in [0.4, 0.5) is 5.69 Å². The maximum absolute atomic E-state index is 13.5. The number of carbonyl (C=O) groups is 2. The van der Waals surface area contributed by atoms with E-state index in [1.165, 1.54) is 11.8 Å². The molecule has 2 aromatic heterocycles. The molecule has 1 N–H and O–H groups in total. The highest BCUT2D eigenvalue weighted by molar-refractivity contribution is 8.00. The summed E-state index contributed by atoms with van der Waals surface area (Å²) >= 11 is 7.54. The van der Waals surface area contributed by atoms with Crippen molar-refractivity contribution in [2.75, 3.05) is 11.4 Å². The highest BCUT2D eigenvalue weighted by Gasteiger charge is 2.27. The van der Waals surface area contributed by atoms with Crippen LogP contribution in [-0.2, 0) is 11.2 Å². The lowest BCUT2D eigenvalue weighted by atomic mass is 10.0. The van der Waals surface area contributed by atoms with Crippen LogP contribution in [0.5, 0.6) is 0 Å². The van der Waals surface area contributed by atoms with Gasteiger partial charge in [0.1, 0.15) is 0 Å². The lowest BCUT2D eigenvalue weighted by Crippen LogP contribution is -2.25. The highest BCUT2D eigenvalue weighted by Crippen LogP contribution is 2.35. The second-order valence-corrected chi connectivity index (χ2v) is 11.0. The van der Waals surface area contributed by atoms with Crippen molar-refractivity contribution >= 4 is 51.6 Å². The van der Waals surface area contributed by atoms with Gasteiger partial charge in [0.25, 0.3) is 0 Å². The summed E-state index contributed by atoms with van der Waals surface area (Å²) in [6.45, 7) is 4.09. The Morgan fingerprint density at radius 2 is 1.84 bits per heavy atom. The number of carbonyl (C=O) groups excluding carboxylic acids is 2. The van der Waals surface area contributed by atoms with Crippen LogP contribution in [0.2, 0.25) is 5.02 Å². The minimum atomic E-state index is -0.413. The van der Waals surface area contributed by atoms with E-state index in [9.17, 15) is 9.59 Å².